The van der Waals surface area contributed by atoms with Crippen LogP contribution >= 0.6 is 0 Å². The van der Waals surface area contributed by atoms with Gasteiger partial charge in [-0.05, 0) is 6.08 Å². The second-order valence-corrected chi connectivity index (χ2v) is 2.90. The van der Waals surface area contributed by atoms with E-state index in [0.29, 0.717) is 17.9 Å². The molecule has 1 aliphatic heterocycles. The average molecular weight is 174 g/mol. The number of ketones is 1. The lowest BCUT2D eigenvalue weighted by Gasteiger charge is -2.01. The fourth-order valence-electron chi connectivity index (χ4n) is 1.31. The first-order valence-corrected chi connectivity index (χ1v) is 4.30. The van der Waals surface area contributed by atoms with Gasteiger partial charge in [0.05, 0.1) is 6.61 Å². The number of rotatable bonds is 2. The molecule has 0 fully saturated rings. The first-order valence-electron chi connectivity index (χ1n) is 4.30. The first-order chi connectivity index (χ1) is 6.38. The molecule has 1 aliphatic rings. The molecule has 0 amide bonds. The van der Waals surface area contributed by atoms with Crippen LogP contribution < -0.4 is 0 Å². The van der Waals surface area contributed by atoms with E-state index in [9.17, 15) is 4.79 Å². The Labute approximate surface area is 76.8 Å². The van der Waals surface area contributed by atoms with Crippen LogP contribution in [0.5, 0.6) is 0 Å². The third kappa shape index (κ3) is 1.61. The van der Waals surface area contributed by atoms with Crippen molar-refractivity contribution in [3.63, 3.8) is 0 Å². The summed E-state index contributed by atoms with van der Waals surface area (Å²) >= 11 is 0. The van der Waals surface area contributed by atoms with Gasteiger partial charge in [-0.25, -0.2) is 0 Å². The number of allylic oxidation sites excluding steroid dienone is 1. The number of hydrogen-bond acceptors (Lipinski definition) is 2. The molecule has 0 aliphatic carbocycles. The van der Waals surface area contributed by atoms with Crippen LogP contribution in [0.3, 0.4) is 0 Å². The molecule has 1 heterocycles. The highest BCUT2D eigenvalue weighted by Crippen LogP contribution is 2.15. The zero-order chi connectivity index (χ0) is 9.10. The minimum absolute atomic E-state index is 0.0156. The maximum Gasteiger partial charge on any atom is 0.227 e. The third-order valence-electron chi connectivity index (χ3n) is 1.96. The lowest BCUT2D eigenvalue weighted by Crippen LogP contribution is -2.03. The minimum Gasteiger partial charge on any atom is -0.489 e. The largest absolute Gasteiger partial charge is 0.489 e. The Bertz CT molecular complexity index is 338. The number of ether oxygens (including phenoxy) is 1. The molecule has 0 atom stereocenters. The van der Waals surface area contributed by atoms with Crippen molar-refractivity contribution in [2.75, 3.05) is 6.61 Å². The quantitative estimate of drug-likeness (QED) is 0.642. The molecule has 0 bridgehead atoms. The molecular formula is C11H10O2. The highest BCUT2D eigenvalue weighted by atomic mass is 16.5. The van der Waals surface area contributed by atoms with Crippen molar-refractivity contribution in [1.29, 1.82) is 0 Å². The van der Waals surface area contributed by atoms with E-state index in [1.165, 1.54) is 0 Å². The van der Waals surface area contributed by atoms with Crippen molar-refractivity contribution >= 4 is 5.78 Å². The predicted octanol–water partition coefficient (Wildman–Crippen LogP) is 2.17. The van der Waals surface area contributed by atoms with Crippen LogP contribution in [0.2, 0.25) is 0 Å². The Balaban J connectivity index is 2.23. The summed E-state index contributed by atoms with van der Waals surface area (Å²) < 4.78 is 5.18. The van der Waals surface area contributed by atoms with E-state index in [1.807, 2.05) is 24.3 Å². The van der Waals surface area contributed by atoms with Crippen LogP contribution in [-0.2, 0) is 4.74 Å². The van der Waals surface area contributed by atoms with Gasteiger partial charge in [0.1, 0.15) is 0 Å². The van der Waals surface area contributed by atoms with Gasteiger partial charge in [0.25, 0.3) is 0 Å². The van der Waals surface area contributed by atoms with Crippen molar-refractivity contribution in [2.45, 2.75) is 6.42 Å². The highest BCUT2D eigenvalue weighted by molar-refractivity contribution is 6.07. The van der Waals surface area contributed by atoms with Crippen LogP contribution in [-0.4, -0.2) is 12.4 Å². The summed E-state index contributed by atoms with van der Waals surface area (Å²) in [6.45, 7) is 0.633. The number of carbonyl (C=O) groups is 1. The van der Waals surface area contributed by atoms with E-state index in [1.54, 1.807) is 12.1 Å². The van der Waals surface area contributed by atoms with Crippen molar-refractivity contribution in [2.24, 2.45) is 0 Å². The lowest BCUT2D eigenvalue weighted by atomic mass is 10.1. The van der Waals surface area contributed by atoms with E-state index in [4.69, 9.17) is 4.74 Å². The van der Waals surface area contributed by atoms with E-state index < -0.39 is 0 Å². The zero-order valence-electron chi connectivity index (χ0n) is 7.19. The highest BCUT2D eigenvalue weighted by Gasteiger charge is 2.15. The minimum atomic E-state index is -0.0156. The van der Waals surface area contributed by atoms with Gasteiger partial charge >= 0.3 is 0 Å². The molecule has 2 nitrogen and oxygen atoms in total. The maximum atomic E-state index is 11.7. The van der Waals surface area contributed by atoms with Crippen LogP contribution in [0.15, 0.2) is 42.2 Å². The van der Waals surface area contributed by atoms with Crippen LogP contribution in [0, 0.1) is 0 Å². The third-order valence-corrected chi connectivity index (χ3v) is 1.96. The number of Topliss-reactive ketones (excluding diaryl/α,β-unsaturated/α-hetero) is 1. The molecule has 0 aromatic heterocycles. The monoisotopic (exact) mass is 174 g/mol. The van der Waals surface area contributed by atoms with Gasteiger partial charge in [0, 0.05) is 12.0 Å². The van der Waals surface area contributed by atoms with Crippen molar-refractivity contribution < 1.29 is 9.53 Å². The Hall–Kier alpha value is -1.57. The summed E-state index contributed by atoms with van der Waals surface area (Å²) in [5.41, 5.74) is 0.690. The number of hydrogen-bond donors (Lipinski definition) is 0. The van der Waals surface area contributed by atoms with Gasteiger partial charge in [-0.3, -0.25) is 4.79 Å². The molecule has 0 saturated carbocycles. The fraction of sp³-hybridized carbons (Fsp3) is 0.182. The summed E-state index contributed by atoms with van der Waals surface area (Å²) in [6, 6.07) is 9.18. The van der Waals surface area contributed by atoms with E-state index in [-0.39, 0.29) is 5.78 Å². The molecule has 1 aromatic rings. The van der Waals surface area contributed by atoms with Crippen molar-refractivity contribution in [3.05, 3.63) is 47.7 Å². The smallest absolute Gasteiger partial charge is 0.227 e. The molecule has 0 radical (unpaired) electrons. The molecule has 0 unspecified atom stereocenters. The Morgan fingerprint density at radius 2 is 2.00 bits per heavy atom. The van der Waals surface area contributed by atoms with Crippen LogP contribution in [0.25, 0.3) is 0 Å². The van der Waals surface area contributed by atoms with Gasteiger partial charge in [0.15, 0.2) is 5.76 Å². The van der Waals surface area contributed by atoms with Gasteiger partial charge in [-0.15, -0.1) is 0 Å². The standard InChI is InChI=1S/C11H10O2/c12-11(10-7-4-8-13-10)9-5-2-1-3-6-9/h1-3,5-7H,4,8H2. The normalized spacial score (nSPS) is 14.9. The average Bonchev–Trinajstić information content (AvgIpc) is 2.71. The summed E-state index contributed by atoms with van der Waals surface area (Å²) in [5.74, 6) is 0.476. The Morgan fingerprint density at radius 3 is 2.62 bits per heavy atom. The van der Waals surface area contributed by atoms with Gasteiger partial charge in [0.2, 0.25) is 5.78 Å². The molecule has 0 N–H and O–H groups in total. The molecule has 0 saturated heterocycles. The second-order valence-electron chi connectivity index (χ2n) is 2.90. The topological polar surface area (TPSA) is 26.3 Å². The Kier molecular flexibility index (Phi) is 2.13. The summed E-state index contributed by atoms with van der Waals surface area (Å²) in [5, 5.41) is 0. The van der Waals surface area contributed by atoms with Gasteiger partial charge in [-0.2, -0.15) is 0 Å². The molecule has 66 valence electrons. The van der Waals surface area contributed by atoms with Gasteiger partial charge in [-0.1, -0.05) is 30.3 Å². The maximum absolute atomic E-state index is 11.7. The molecule has 2 rings (SSSR count). The summed E-state index contributed by atoms with van der Waals surface area (Å²) in [6.07, 6.45) is 2.68. The van der Waals surface area contributed by atoms with Crippen molar-refractivity contribution in [3.8, 4) is 0 Å². The summed E-state index contributed by atoms with van der Waals surface area (Å²) in [4.78, 5) is 11.7. The van der Waals surface area contributed by atoms with E-state index >= 15 is 0 Å². The van der Waals surface area contributed by atoms with Gasteiger partial charge < -0.3 is 4.74 Å². The van der Waals surface area contributed by atoms with E-state index in [2.05, 4.69) is 0 Å². The molecule has 2 heteroatoms. The number of benzene rings is 1. The van der Waals surface area contributed by atoms with Crippen LogP contribution in [0.4, 0.5) is 0 Å². The molecular weight excluding hydrogens is 164 g/mol. The van der Waals surface area contributed by atoms with Crippen molar-refractivity contribution in [1.82, 2.24) is 0 Å². The zero-order valence-corrected chi connectivity index (χ0v) is 7.19. The van der Waals surface area contributed by atoms with E-state index in [0.717, 1.165) is 6.42 Å². The first kappa shape index (κ1) is 8.05. The predicted molar refractivity (Wildman–Crippen MR) is 49.4 cm³/mol. The summed E-state index contributed by atoms with van der Waals surface area (Å²) in [7, 11) is 0. The van der Waals surface area contributed by atoms with Crippen LogP contribution in [0.1, 0.15) is 16.8 Å². The fourth-order valence-corrected chi connectivity index (χ4v) is 1.31. The number of carbonyl (C=O) groups excluding carboxylic acids is 1. The molecule has 0 spiro atoms. The Morgan fingerprint density at radius 1 is 1.23 bits per heavy atom. The second kappa shape index (κ2) is 3.44. The molecule has 1 aromatic carbocycles. The molecule has 13 heavy (non-hydrogen) atoms. The SMILES string of the molecule is O=C(C1=CCCO1)c1ccccc1. The lowest BCUT2D eigenvalue weighted by molar-refractivity contribution is 0.0942.